The molecule has 3 aromatic rings. The van der Waals surface area contributed by atoms with Gasteiger partial charge in [0, 0.05) is 11.9 Å². The van der Waals surface area contributed by atoms with Crippen LogP contribution in [0.3, 0.4) is 0 Å². The molecule has 0 fully saturated rings. The van der Waals surface area contributed by atoms with Gasteiger partial charge in [0.15, 0.2) is 0 Å². The normalized spacial score (nSPS) is 10.8. The van der Waals surface area contributed by atoms with Crippen molar-refractivity contribution in [3.8, 4) is 11.1 Å². The summed E-state index contributed by atoms with van der Waals surface area (Å²) in [5, 5.41) is 3.25. The summed E-state index contributed by atoms with van der Waals surface area (Å²) in [6.07, 6.45) is 3.08. The highest BCUT2D eigenvalue weighted by molar-refractivity contribution is 6.12. The topological polar surface area (TPSA) is 76.2 Å². The Labute approximate surface area is 135 Å². The van der Waals surface area contributed by atoms with Gasteiger partial charge in [0.05, 0.1) is 5.56 Å². The molecular weight excluding hydrogens is 285 g/mol. The summed E-state index contributed by atoms with van der Waals surface area (Å²) in [7, 11) is 1.69. The van der Waals surface area contributed by atoms with Crippen molar-refractivity contribution in [2.45, 2.75) is 0 Å². The summed E-state index contributed by atoms with van der Waals surface area (Å²) in [6, 6.07) is 18.4. The predicted molar refractivity (Wildman–Crippen MR) is 97.7 cm³/mol. The lowest BCUT2D eigenvalue weighted by Gasteiger charge is -2.10. The van der Waals surface area contributed by atoms with Crippen LogP contribution in [0.4, 0.5) is 17.3 Å². The average Bonchev–Trinajstić information content (AvgIpc) is 2.59. The first kappa shape index (κ1) is 14.8. The van der Waals surface area contributed by atoms with E-state index >= 15 is 0 Å². The number of rotatable bonds is 4. The maximum Gasteiger partial charge on any atom is 0.244 e. The summed E-state index contributed by atoms with van der Waals surface area (Å²) in [5.74, 6) is 1.03. The summed E-state index contributed by atoms with van der Waals surface area (Å²) in [5.41, 5.74) is 9.83. The molecule has 3 N–H and O–H groups in total. The highest BCUT2D eigenvalue weighted by atomic mass is 15.0. The van der Waals surface area contributed by atoms with Crippen LogP contribution in [0.2, 0.25) is 0 Å². The van der Waals surface area contributed by atoms with Gasteiger partial charge in [-0.2, -0.15) is 0 Å². The molecule has 0 aliphatic carbocycles. The molecule has 1 heterocycles. The minimum absolute atomic E-state index is 0.397. The van der Waals surface area contributed by atoms with E-state index in [-0.39, 0.29) is 0 Å². The lowest BCUT2D eigenvalue weighted by atomic mass is 10.1. The summed E-state index contributed by atoms with van der Waals surface area (Å²) in [4.78, 5) is 12.2. The Morgan fingerprint density at radius 2 is 1.65 bits per heavy atom. The molecule has 0 amide bonds. The molecule has 0 radical (unpaired) electrons. The van der Waals surface area contributed by atoms with Crippen molar-refractivity contribution in [2.75, 3.05) is 11.1 Å². The second kappa shape index (κ2) is 6.74. The first-order valence-electron chi connectivity index (χ1n) is 7.23. The summed E-state index contributed by atoms with van der Waals surface area (Å²) >= 11 is 0. The van der Waals surface area contributed by atoms with E-state index in [0.717, 1.165) is 11.3 Å². The number of nitrogens with one attached hydrogen (secondary N) is 1. The minimum atomic E-state index is 0.397. The zero-order chi connectivity index (χ0) is 16.1. The Bertz CT molecular complexity index is 816. The number of hydrogen-bond donors (Lipinski definition) is 2. The monoisotopic (exact) mass is 301 g/mol. The van der Waals surface area contributed by atoms with Gasteiger partial charge >= 0.3 is 0 Å². The molecule has 0 aliphatic rings. The maximum absolute atomic E-state index is 5.88. The smallest absolute Gasteiger partial charge is 0.244 e. The fraction of sp³-hybridized carbons (Fsp3) is 0. The Balaban J connectivity index is 1.86. The molecule has 23 heavy (non-hydrogen) atoms. The van der Waals surface area contributed by atoms with Crippen LogP contribution < -0.4 is 11.1 Å². The Morgan fingerprint density at radius 1 is 0.957 bits per heavy atom. The van der Waals surface area contributed by atoms with Gasteiger partial charge in [0.1, 0.15) is 18.0 Å². The molecule has 0 saturated carbocycles. The van der Waals surface area contributed by atoms with Crippen LogP contribution in [0.15, 0.2) is 65.8 Å². The first-order chi connectivity index (χ1) is 11.3. The molecule has 0 aliphatic heterocycles. The third-order valence-corrected chi connectivity index (χ3v) is 3.43. The predicted octanol–water partition coefficient (Wildman–Crippen LogP) is 2.44. The van der Waals surface area contributed by atoms with E-state index in [1.807, 2.05) is 30.3 Å². The number of aromatic nitrogens is 2. The number of nitrogens with two attached hydrogens (primary N) is 1. The highest BCUT2D eigenvalue weighted by Crippen LogP contribution is 2.24. The van der Waals surface area contributed by atoms with Gasteiger partial charge in [-0.1, -0.05) is 42.5 Å². The van der Waals surface area contributed by atoms with Crippen molar-refractivity contribution in [3.05, 3.63) is 66.5 Å². The SMILES string of the molecule is B/N=C/c1c(N)ncnc1Nc1ccc(-c2ccccc2)cc1. The van der Waals surface area contributed by atoms with Crippen molar-refractivity contribution in [1.29, 1.82) is 0 Å². The number of nitrogen functional groups attached to an aromatic ring is 1. The van der Waals surface area contributed by atoms with Gasteiger partial charge < -0.3 is 16.0 Å². The Morgan fingerprint density at radius 3 is 2.35 bits per heavy atom. The molecule has 3 rings (SSSR count). The minimum Gasteiger partial charge on any atom is -0.383 e. The fourth-order valence-corrected chi connectivity index (χ4v) is 2.28. The number of anilines is 3. The Kier molecular flexibility index (Phi) is 4.33. The van der Waals surface area contributed by atoms with Crippen molar-refractivity contribution in [3.63, 3.8) is 0 Å². The van der Waals surface area contributed by atoms with Crippen LogP contribution in [-0.2, 0) is 0 Å². The zero-order valence-electron chi connectivity index (χ0n) is 12.8. The number of nitrogens with zero attached hydrogens (tertiary/aromatic N) is 3. The fourth-order valence-electron chi connectivity index (χ4n) is 2.28. The summed E-state index contributed by atoms with van der Waals surface area (Å²) in [6.45, 7) is 0. The number of benzene rings is 2. The molecule has 0 spiro atoms. The second-order valence-corrected chi connectivity index (χ2v) is 4.98. The molecule has 0 bridgehead atoms. The standard InChI is InChI=1S/C17H16BN5/c18-22-10-15-16(19)20-11-21-17(15)23-14-8-6-13(7-9-14)12-4-2-1-3-5-12/h1-11H,18H2,(H3,19,20,21,23)/b22-10+. The van der Waals surface area contributed by atoms with Crippen LogP contribution in [0.5, 0.6) is 0 Å². The van der Waals surface area contributed by atoms with Crippen molar-refractivity contribution in [2.24, 2.45) is 4.90 Å². The second-order valence-electron chi connectivity index (χ2n) is 4.98. The molecule has 5 nitrogen and oxygen atoms in total. The van der Waals surface area contributed by atoms with Crippen molar-refractivity contribution < 1.29 is 0 Å². The van der Waals surface area contributed by atoms with Crippen LogP contribution in [0, 0.1) is 0 Å². The third-order valence-electron chi connectivity index (χ3n) is 3.43. The summed E-state index contributed by atoms with van der Waals surface area (Å²) < 4.78 is 0. The molecule has 6 heteroatoms. The maximum atomic E-state index is 5.88. The van der Waals surface area contributed by atoms with E-state index in [9.17, 15) is 0 Å². The van der Waals surface area contributed by atoms with Crippen LogP contribution in [-0.4, -0.2) is 24.2 Å². The van der Waals surface area contributed by atoms with Crippen LogP contribution >= 0.6 is 0 Å². The molecule has 0 atom stereocenters. The van der Waals surface area contributed by atoms with Gasteiger partial charge in [0.2, 0.25) is 7.98 Å². The molecule has 0 unspecified atom stereocenters. The first-order valence-corrected chi connectivity index (χ1v) is 7.23. The van der Waals surface area contributed by atoms with E-state index in [1.54, 1.807) is 14.2 Å². The largest absolute Gasteiger partial charge is 0.383 e. The van der Waals surface area contributed by atoms with Gasteiger partial charge in [-0.3, -0.25) is 0 Å². The lowest BCUT2D eigenvalue weighted by Crippen LogP contribution is -2.04. The van der Waals surface area contributed by atoms with E-state index in [0.29, 0.717) is 17.2 Å². The molecule has 112 valence electrons. The number of hydrogen-bond acceptors (Lipinski definition) is 5. The van der Waals surface area contributed by atoms with E-state index in [4.69, 9.17) is 5.73 Å². The molecular formula is C17H16BN5. The van der Waals surface area contributed by atoms with Crippen LogP contribution in [0.25, 0.3) is 11.1 Å². The van der Waals surface area contributed by atoms with Crippen molar-refractivity contribution >= 4 is 31.5 Å². The molecule has 1 aromatic heterocycles. The van der Waals surface area contributed by atoms with Gasteiger partial charge in [-0.05, 0) is 23.3 Å². The van der Waals surface area contributed by atoms with Crippen molar-refractivity contribution in [1.82, 2.24) is 9.97 Å². The van der Waals surface area contributed by atoms with E-state index < -0.39 is 0 Å². The average molecular weight is 301 g/mol. The molecule has 0 saturated heterocycles. The third kappa shape index (κ3) is 3.37. The Hall–Kier alpha value is -3.15. The highest BCUT2D eigenvalue weighted by Gasteiger charge is 2.07. The molecule has 2 aromatic carbocycles. The van der Waals surface area contributed by atoms with Gasteiger partial charge in [0.25, 0.3) is 0 Å². The van der Waals surface area contributed by atoms with Gasteiger partial charge in [-0.15, -0.1) is 0 Å². The quantitative estimate of drug-likeness (QED) is 0.573. The van der Waals surface area contributed by atoms with Crippen LogP contribution in [0.1, 0.15) is 5.56 Å². The zero-order valence-corrected chi connectivity index (χ0v) is 12.8. The van der Waals surface area contributed by atoms with E-state index in [2.05, 4.69) is 44.5 Å². The van der Waals surface area contributed by atoms with E-state index in [1.165, 1.54) is 11.9 Å². The lowest BCUT2D eigenvalue weighted by molar-refractivity contribution is 1.17. The van der Waals surface area contributed by atoms with Gasteiger partial charge in [-0.25, -0.2) is 9.97 Å².